The predicted molar refractivity (Wildman–Crippen MR) is 317 cm³/mol. The number of nitrogens with one attached hydrogen (secondary N) is 2. The maximum Gasteiger partial charge on any atom is 0.216 e. The second-order valence-electron chi connectivity index (χ2n) is 25.0. The third-order valence-electron chi connectivity index (χ3n) is 20.1. The molecule has 0 radical (unpaired) electrons. The molecule has 0 aliphatic carbocycles. The van der Waals surface area contributed by atoms with Gasteiger partial charge in [0.1, 0.15) is 53.3 Å². The normalized spacial score (nSPS) is 27.7. The summed E-state index contributed by atoms with van der Waals surface area (Å²) in [6.45, 7) is 5.54. The van der Waals surface area contributed by atoms with Gasteiger partial charge >= 0.3 is 0 Å². The number of hydrogen-bond acceptors (Lipinski definition) is 14. The van der Waals surface area contributed by atoms with Crippen LogP contribution in [0.2, 0.25) is 10.0 Å². The van der Waals surface area contributed by atoms with Gasteiger partial charge in [-0.15, -0.1) is 0 Å². The van der Waals surface area contributed by atoms with Gasteiger partial charge in [-0.25, -0.2) is 23.1 Å². The quantitative estimate of drug-likeness (QED) is 0.0974. The van der Waals surface area contributed by atoms with E-state index in [1.165, 1.54) is 12.1 Å². The number of ether oxygens (including phenoxy) is 2. The molecule has 8 aliphatic rings. The zero-order valence-electron chi connectivity index (χ0n) is 45.8. The summed E-state index contributed by atoms with van der Waals surface area (Å²) in [5, 5.41) is 34.4. The molecule has 4 aromatic heterocycles. The molecule has 8 fully saturated rings. The standard InChI is InChI=1S/C64H63Cl2F3N10O4/c65-48-5-1-4-34-18-40(80)20-44(55(34)48)59-57(68)61-46(25-70-59)51(76-28-36-6-7-37(29-76)72-36)22-53(74-61)82-32-63-13-3-17-79(63)50(12-15-63)42-10-11-49(66)56-43(42)19-41(81)21-45(56)60-58(69)62-47(26-71-60)52(77-30-38-8-9-39(31-77)73-38)23-54(75-62)83-33-64-14-2-16-78(64)27-35(67)24-64/h1,4-5,10-11,18-23,25-26,35-39,50,72-73,80-81H,2-3,6-9,12-17,24,27-33H2/t35-,36?,37?,38?,39?,50?,63?,64?/m0/s1. The lowest BCUT2D eigenvalue weighted by molar-refractivity contribution is 0.0874. The molecule has 14 nitrogen and oxygen atoms in total. The molecule has 428 valence electrons. The fourth-order valence-electron chi connectivity index (χ4n) is 16.4. The summed E-state index contributed by atoms with van der Waals surface area (Å²) in [7, 11) is 0. The molecular weight excluding hydrogens is 1100 g/mol. The lowest BCUT2D eigenvalue weighted by Gasteiger charge is -2.36. The number of hydrogen-bond donors (Lipinski definition) is 4. The summed E-state index contributed by atoms with van der Waals surface area (Å²) >= 11 is 14.0. The van der Waals surface area contributed by atoms with E-state index in [-0.39, 0.29) is 52.4 Å². The molecule has 0 spiro atoms. The number of alkyl halides is 1. The van der Waals surface area contributed by atoms with Crippen LogP contribution in [0.25, 0.3) is 65.9 Å². The van der Waals surface area contributed by atoms with Crippen molar-refractivity contribution >= 4 is 77.9 Å². The molecule has 83 heavy (non-hydrogen) atoms. The maximum absolute atomic E-state index is 17.9. The average molecular weight is 1160 g/mol. The van der Waals surface area contributed by atoms with Crippen LogP contribution in [0.15, 0.2) is 79.1 Å². The van der Waals surface area contributed by atoms with Gasteiger partial charge in [-0.2, -0.15) is 0 Å². The number of nitrogens with zero attached hydrogens (tertiary/aromatic N) is 8. The van der Waals surface area contributed by atoms with Crippen molar-refractivity contribution in [2.45, 2.75) is 118 Å². The van der Waals surface area contributed by atoms with E-state index in [2.05, 4.69) is 30.2 Å². The number of rotatable bonds is 11. The monoisotopic (exact) mass is 1160 g/mol. The molecule has 4 bridgehead atoms. The van der Waals surface area contributed by atoms with E-state index in [1.807, 2.05) is 30.3 Å². The molecule has 0 saturated carbocycles. The topological polar surface area (TPSA) is 148 Å². The van der Waals surface area contributed by atoms with Gasteiger partial charge in [0.2, 0.25) is 11.8 Å². The first kappa shape index (κ1) is 52.1. The molecule has 8 aliphatic heterocycles. The van der Waals surface area contributed by atoms with Gasteiger partial charge in [0.25, 0.3) is 0 Å². The summed E-state index contributed by atoms with van der Waals surface area (Å²) in [6.07, 6.45) is 12.3. The van der Waals surface area contributed by atoms with Crippen molar-refractivity contribution in [1.82, 2.24) is 40.4 Å². The van der Waals surface area contributed by atoms with Crippen molar-refractivity contribution in [3.8, 4) is 45.8 Å². The van der Waals surface area contributed by atoms with Crippen molar-refractivity contribution < 1.29 is 32.9 Å². The number of aromatic hydroxyl groups is 2. The third-order valence-corrected chi connectivity index (χ3v) is 20.8. The van der Waals surface area contributed by atoms with Crippen LogP contribution >= 0.6 is 23.2 Å². The third kappa shape index (κ3) is 8.63. The van der Waals surface area contributed by atoms with Crippen molar-refractivity contribution in [3.63, 3.8) is 0 Å². The van der Waals surface area contributed by atoms with E-state index in [1.54, 1.807) is 36.7 Å². The number of phenols is 2. The Kier molecular flexibility index (Phi) is 12.4. The summed E-state index contributed by atoms with van der Waals surface area (Å²) in [6, 6.07) is 20.5. The average Bonchev–Trinajstić information content (AvgIpc) is 4.45. The number of pyridine rings is 4. The van der Waals surface area contributed by atoms with Crippen molar-refractivity contribution in [3.05, 3.63) is 106 Å². The lowest BCUT2D eigenvalue weighted by Crippen LogP contribution is -2.51. The van der Waals surface area contributed by atoms with Crippen molar-refractivity contribution in [1.29, 1.82) is 0 Å². The van der Waals surface area contributed by atoms with E-state index in [9.17, 15) is 14.6 Å². The van der Waals surface area contributed by atoms with Crippen molar-refractivity contribution in [2.75, 3.05) is 68.8 Å². The van der Waals surface area contributed by atoms with Crippen LogP contribution in [0, 0.1) is 11.6 Å². The van der Waals surface area contributed by atoms with E-state index < -0.39 is 28.9 Å². The van der Waals surface area contributed by atoms with Gasteiger partial charge in [-0.3, -0.25) is 19.8 Å². The number of benzene rings is 4. The molecular formula is C64H63Cl2F3N10O4. The second-order valence-corrected chi connectivity index (χ2v) is 25.8. The fourth-order valence-corrected chi connectivity index (χ4v) is 17.0. The Morgan fingerprint density at radius 2 is 1.18 bits per heavy atom. The lowest BCUT2D eigenvalue weighted by atomic mass is 9.92. The van der Waals surface area contributed by atoms with Gasteiger partial charge in [0.15, 0.2) is 11.6 Å². The highest BCUT2D eigenvalue weighted by atomic mass is 35.5. The molecule has 12 heterocycles. The van der Waals surface area contributed by atoms with Crippen molar-refractivity contribution in [2.24, 2.45) is 0 Å². The van der Waals surface area contributed by atoms with E-state index in [0.29, 0.717) is 103 Å². The number of anilines is 2. The largest absolute Gasteiger partial charge is 0.508 e. The molecule has 4 aromatic carbocycles. The minimum Gasteiger partial charge on any atom is -0.508 e. The van der Waals surface area contributed by atoms with Gasteiger partial charge in [-0.1, -0.05) is 41.4 Å². The van der Waals surface area contributed by atoms with Gasteiger partial charge in [-0.05, 0) is 130 Å². The number of halogens is 5. The zero-order valence-corrected chi connectivity index (χ0v) is 47.3. The molecule has 4 N–H and O–H groups in total. The smallest absolute Gasteiger partial charge is 0.216 e. The molecule has 7 unspecified atom stereocenters. The van der Waals surface area contributed by atoms with Crippen LogP contribution in [0.3, 0.4) is 0 Å². The number of piperazine rings is 2. The summed E-state index contributed by atoms with van der Waals surface area (Å²) in [5.41, 5.74) is 2.70. The Balaban J connectivity index is 0.741. The van der Waals surface area contributed by atoms with Gasteiger partial charge in [0.05, 0.1) is 22.5 Å². The van der Waals surface area contributed by atoms with Crippen LogP contribution < -0.4 is 29.9 Å². The first-order chi connectivity index (χ1) is 40.3. The minimum atomic E-state index is -0.916. The second kappa shape index (κ2) is 19.8. The van der Waals surface area contributed by atoms with Crippen LogP contribution in [0.4, 0.5) is 24.5 Å². The molecule has 8 aromatic rings. The Hall–Kier alpha value is -6.47. The Labute approximate surface area is 487 Å². The van der Waals surface area contributed by atoms with Crippen LogP contribution in [0.5, 0.6) is 23.3 Å². The van der Waals surface area contributed by atoms with E-state index >= 15 is 8.78 Å². The minimum absolute atomic E-state index is 0.00882. The highest BCUT2D eigenvalue weighted by molar-refractivity contribution is 6.37. The number of fused-ring (bicyclic) bond motifs is 10. The Morgan fingerprint density at radius 3 is 1.82 bits per heavy atom. The SMILES string of the molecule is Oc1cc(-c2ncc3c(N4CC5CCC(C4)N5)cc(OCC45CCCN4C(c4ccc(Cl)c6c(-c7ncc8c(N9CC%10CCC(C9)N%10)cc(OCC9%10CCCN9C[C@@H](F)C%10)nc8c7F)cc(O)cc46)CC5)nc3c2F)c2c(Cl)cccc2c1. The van der Waals surface area contributed by atoms with Crippen LogP contribution in [-0.4, -0.2) is 140 Å². The number of phenolic OH excluding ortho intramolecular Hbond substituents is 2. The molecule has 0 amide bonds. The molecule has 8 atom stereocenters. The number of aromatic nitrogens is 4. The van der Waals surface area contributed by atoms with E-state index in [0.717, 1.165) is 120 Å². The predicted octanol–water partition coefficient (Wildman–Crippen LogP) is 11.8. The van der Waals surface area contributed by atoms with Crippen LogP contribution in [-0.2, 0) is 0 Å². The maximum atomic E-state index is 17.9. The van der Waals surface area contributed by atoms with Gasteiger partial charge in [0, 0.05) is 137 Å². The first-order valence-electron chi connectivity index (χ1n) is 29.6. The summed E-state index contributed by atoms with van der Waals surface area (Å²) in [5.74, 6) is -0.790. The fraction of sp³-hybridized carbons (Fsp3) is 0.438. The Bertz CT molecular complexity index is 3970. The highest BCUT2D eigenvalue weighted by Gasteiger charge is 2.52. The molecule has 8 saturated heterocycles. The Morgan fingerprint density at radius 1 is 0.614 bits per heavy atom. The summed E-state index contributed by atoms with van der Waals surface area (Å²) < 4.78 is 63.7. The zero-order chi connectivity index (χ0) is 56.0. The van der Waals surface area contributed by atoms with Gasteiger partial charge < -0.3 is 40.1 Å². The molecule has 19 heteroatoms. The highest BCUT2D eigenvalue weighted by Crippen LogP contribution is 2.53. The molecule has 16 rings (SSSR count). The first-order valence-corrected chi connectivity index (χ1v) is 30.4. The van der Waals surface area contributed by atoms with Crippen LogP contribution in [0.1, 0.15) is 82.2 Å². The van der Waals surface area contributed by atoms with E-state index in [4.69, 9.17) is 52.6 Å². The summed E-state index contributed by atoms with van der Waals surface area (Å²) in [4.78, 5) is 28.7.